The molecule has 0 radical (unpaired) electrons. The Balaban J connectivity index is 1.55. The maximum absolute atomic E-state index is 12.9. The molecule has 0 aromatic carbocycles. The standard InChI is InChI=1S/C16H30N4O3S/c1-18(14-6-3-2-4-7-14)24(22,23)20-12-10-19(11-13-20)16(21)15-8-5-9-17-15/h14-15,17H,2-13H2,1H3. The smallest absolute Gasteiger partial charge is 0.282 e. The summed E-state index contributed by atoms with van der Waals surface area (Å²) in [5.41, 5.74) is 0. The van der Waals surface area contributed by atoms with Crippen molar-refractivity contribution in [2.24, 2.45) is 0 Å². The number of amides is 1. The van der Waals surface area contributed by atoms with Crippen molar-refractivity contribution in [1.29, 1.82) is 0 Å². The van der Waals surface area contributed by atoms with Crippen molar-refractivity contribution in [1.82, 2.24) is 18.8 Å². The van der Waals surface area contributed by atoms with E-state index in [1.54, 1.807) is 15.7 Å². The summed E-state index contributed by atoms with van der Waals surface area (Å²) in [7, 11) is -1.70. The van der Waals surface area contributed by atoms with Crippen molar-refractivity contribution in [2.45, 2.75) is 57.0 Å². The van der Waals surface area contributed by atoms with Gasteiger partial charge in [0.05, 0.1) is 6.04 Å². The fraction of sp³-hybridized carbons (Fsp3) is 0.938. The monoisotopic (exact) mass is 358 g/mol. The molecule has 0 aromatic rings. The van der Waals surface area contributed by atoms with Crippen LogP contribution >= 0.6 is 0 Å². The maximum atomic E-state index is 12.9. The summed E-state index contributed by atoms with van der Waals surface area (Å²) < 4.78 is 28.8. The lowest BCUT2D eigenvalue weighted by molar-refractivity contribution is -0.134. The highest BCUT2D eigenvalue weighted by Gasteiger charge is 2.36. The molecule has 1 saturated carbocycles. The second-order valence-electron chi connectivity index (χ2n) is 7.19. The van der Waals surface area contributed by atoms with E-state index in [-0.39, 0.29) is 18.0 Å². The molecule has 1 unspecified atom stereocenters. The Labute approximate surface area is 145 Å². The Bertz CT molecular complexity index is 534. The minimum atomic E-state index is -3.42. The van der Waals surface area contributed by atoms with Crippen molar-refractivity contribution in [3.63, 3.8) is 0 Å². The number of carbonyl (C=O) groups excluding carboxylic acids is 1. The second-order valence-corrected chi connectivity index (χ2v) is 9.18. The number of hydrogen-bond acceptors (Lipinski definition) is 4. The summed E-state index contributed by atoms with van der Waals surface area (Å²) in [6.45, 7) is 2.69. The van der Waals surface area contributed by atoms with Gasteiger partial charge in [-0.3, -0.25) is 4.79 Å². The van der Waals surface area contributed by atoms with Crippen molar-refractivity contribution in [2.75, 3.05) is 39.8 Å². The first kappa shape index (κ1) is 18.1. The van der Waals surface area contributed by atoms with Gasteiger partial charge in [0, 0.05) is 39.3 Å². The van der Waals surface area contributed by atoms with Gasteiger partial charge < -0.3 is 10.2 Å². The van der Waals surface area contributed by atoms with Crippen LogP contribution in [0.2, 0.25) is 0 Å². The van der Waals surface area contributed by atoms with Crippen molar-refractivity contribution < 1.29 is 13.2 Å². The molecule has 2 aliphatic heterocycles. The number of rotatable bonds is 4. The second kappa shape index (κ2) is 7.68. The molecule has 138 valence electrons. The van der Waals surface area contributed by atoms with E-state index in [4.69, 9.17) is 0 Å². The normalized spacial score (nSPS) is 27.8. The molecule has 1 atom stereocenters. The third-order valence-electron chi connectivity index (χ3n) is 5.69. The van der Waals surface area contributed by atoms with Crippen LogP contribution < -0.4 is 5.32 Å². The minimum absolute atomic E-state index is 0.0712. The Kier molecular flexibility index (Phi) is 5.79. The van der Waals surface area contributed by atoms with Crippen LogP contribution in [0.25, 0.3) is 0 Å². The van der Waals surface area contributed by atoms with Crippen molar-refractivity contribution >= 4 is 16.1 Å². The summed E-state index contributed by atoms with van der Waals surface area (Å²) in [6.07, 6.45) is 7.28. The van der Waals surface area contributed by atoms with E-state index in [0.29, 0.717) is 26.2 Å². The number of hydrogen-bond donors (Lipinski definition) is 1. The van der Waals surface area contributed by atoms with Crippen molar-refractivity contribution in [3.8, 4) is 0 Å². The Morgan fingerprint density at radius 3 is 2.25 bits per heavy atom. The zero-order valence-electron chi connectivity index (χ0n) is 14.6. The number of carbonyl (C=O) groups is 1. The summed E-state index contributed by atoms with van der Waals surface area (Å²) >= 11 is 0. The van der Waals surface area contributed by atoms with Gasteiger partial charge in [-0.15, -0.1) is 0 Å². The molecular weight excluding hydrogens is 328 g/mol. The van der Waals surface area contributed by atoms with Crippen molar-refractivity contribution in [3.05, 3.63) is 0 Å². The zero-order chi connectivity index (χ0) is 17.2. The van der Waals surface area contributed by atoms with E-state index < -0.39 is 10.2 Å². The molecule has 1 amide bonds. The highest BCUT2D eigenvalue weighted by atomic mass is 32.2. The first-order valence-electron chi connectivity index (χ1n) is 9.25. The molecule has 3 fully saturated rings. The molecule has 0 spiro atoms. The van der Waals surface area contributed by atoms with Gasteiger partial charge in [-0.05, 0) is 32.2 Å². The first-order valence-corrected chi connectivity index (χ1v) is 10.6. The maximum Gasteiger partial charge on any atom is 0.282 e. The lowest BCUT2D eigenvalue weighted by Gasteiger charge is -2.39. The summed E-state index contributed by atoms with van der Waals surface area (Å²) in [4.78, 5) is 14.2. The molecule has 1 N–H and O–H groups in total. The fourth-order valence-electron chi connectivity index (χ4n) is 4.07. The van der Waals surface area contributed by atoms with Gasteiger partial charge in [0.1, 0.15) is 0 Å². The molecule has 24 heavy (non-hydrogen) atoms. The Hall–Kier alpha value is -0.700. The van der Waals surface area contributed by atoms with Crippen LogP contribution in [0.15, 0.2) is 0 Å². The third kappa shape index (κ3) is 3.76. The van der Waals surface area contributed by atoms with Crippen LogP contribution in [-0.2, 0) is 15.0 Å². The summed E-state index contributed by atoms with van der Waals surface area (Å²) in [6, 6.07) is 0.0594. The van der Waals surface area contributed by atoms with Gasteiger partial charge in [-0.2, -0.15) is 17.0 Å². The van der Waals surface area contributed by atoms with Crippen LogP contribution in [-0.4, -0.2) is 79.7 Å². The largest absolute Gasteiger partial charge is 0.339 e. The van der Waals surface area contributed by atoms with Gasteiger partial charge in [0.25, 0.3) is 10.2 Å². The van der Waals surface area contributed by atoms with Crippen LogP contribution in [0.4, 0.5) is 0 Å². The van der Waals surface area contributed by atoms with Crippen LogP contribution in [0.3, 0.4) is 0 Å². The zero-order valence-corrected chi connectivity index (χ0v) is 15.4. The number of piperazine rings is 1. The number of nitrogens with one attached hydrogen (secondary N) is 1. The Morgan fingerprint density at radius 2 is 1.67 bits per heavy atom. The van der Waals surface area contributed by atoms with Gasteiger partial charge >= 0.3 is 0 Å². The molecular formula is C16H30N4O3S. The average molecular weight is 359 g/mol. The van der Waals surface area contributed by atoms with E-state index in [9.17, 15) is 13.2 Å². The molecule has 2 heterocycles. The molecule has 0 aromatic heterocycles. The van der Waals surface area contributed by atoms with Crippen LogP contribution in [0.5, 0.6) is 0 Å². The third-order valence-corrected chi connectivity index (χ3v) is 7.73. The minimum Gasteiger partial charge on any atom is -0.339 e. The molecule has 3 aliphatic rings. The number of nitrogens with zero attached hydrogens (tertiary/aromatic N) is 3. The van der Waals surface area contributed by atoms with E-state index in [1.807, 2.05) is 4.90 Å². The SMILES string of the molecule is CN(C1CCCCC1)S(=O)(=O)N1CCN(C(=O)C2CCCN2)CC1. The predicted molar refractivity (Wildman–Crippen MR) is 92.7 cm³/mol. The van der Waals surface area contributed by atoms with E-state index >= 15 is 0 Å². The average Bonchev–Trinajstić information content (AvgIpc) is 3.16. The molecule has 1 aliphatic carbocycles. The van der Waals surface area contributed by atoms with E-state index in [0.717, 1.165) is 45.1 Å². The first-order chi connectivity index (χ1) is 11.5. The lowest BCUT2D eigenvalue weighted by Crippen LogP contribution is -2.57. The van der Waals surface area contributed by atoms with Gasteiger partial charge in [-0.1, -0.05) is 19.3 Å². The quantitative estimate of drug-likeness (QED) is 0.789. The van der Waals surface area contributed by atoms with Gasteiger partial charge in [-0.25, -0.2) is 0 Å². The van der Waals surface area contributed by atoms with Gasteiger partial charge in [0.2, 0.25) is 5.91 Å². The fourth-order valence-corrected chi connectivity index (χ4v) is 5.65. The molecule has 8 heteroatoms. The molecule has 3 rings (SSSR count). The highest BCUT2D eigenvalue weighted by Crippen LogP contribution is 2.25. The van der Waals surface area contributed by atoms with Gasteiger partial charge in [0.15, 0.2) is 0 Å². The van der Waals surface area contributed by atoms with Crippen LogP contribution in [0.1, 0.15) is 44.9 Å². The predicted octanol–water partition coefficient (Wildman–Crippen LogP) is 0.392. The summed E-state index contributed by atoms with van der Waals surface area (Å²) in [5.74, 6) is 0.130. The molecule has 0 bridgehead atoms. The Morgan fingerprint density at radius 1 is 1.00 bits per heavy atom. The molecule has 2 saturated heterocycles. The lowest BCUT2D eigenvalue weighted by atomic mass is 9.96. The highest BCUT2D eigenvalue weighted by molar-refractivity contribution is 7.86. The van der Waals surface area contributed by atoms with E-state index in [2.05, 4.69) is 5.32 Å². The topological polar surface area (TPSA) is 73.0 Å². The van der Waals surface area contributed by atoms with E-state index in [1.165, 1.54) is 6.42 Å². The summed E-state index contributed by atoms with van der Waals surface area (Å²) in [5, 5.41) is 3.23. The molecule has 7 nitrogen and oxygen atoms in total. The van der Waals surface area contributed by atoms with Crippen LogP contribution in [0, 0.1) is 0 Å².